The Morgan fingerprint density at radius 2 is 2.05 bits per heavy atom. The molecule has 20 heavy (non-hydrogen) atoms. The van der Waals surface area contributed by atoms with Gasteiger partial charge in [-0.1, -0.05) is 0 Å². The predicted molar refractivity (Wildman–Crippen MR) is 88.3 cm³/mol. The zero-order chi connectivity index (χ0) is 15.1. The zero-order valence-corrected chi connectivity index (χ0v) is 15.3. The Bertz CT molecular complexity index is 676. The fourth-order valence-corrected chi connectivity index (χ4v) is 2.82. The minimum Gasteiger partial charge on any atom is -0.496 e. The molecule has 0 unspecified atom stereocenters. The van der Waals surface area contributed by atoms with Crippen molar-refractivity contribution in [2.45, 2.75) is 26.4 Å². The molecule has 2 rings (SSSR count). The van der Waals surface area contributed by atoms with Crippen LogP contribution < -0.4 is 4.74 Å². The number of hydrogen-bond acceptors (Lipinski definition) is 4. The molecule has 7 heteroatoms. The van der Waals surface area contributed by atoms with Gasteiger partial charge in [-0.05, 0) is 71.4 Å². The maximum atomic E-state index is 12.2. The van der Waals surface area contributed by atoms with Crippen molar-refractivity contribution in [1.82, 2.24) is 9.78 Å². The Morgan fingerprint density at radius 3 is 2.60 bits per heavy atom. The molecule has 0 fully saturated rings. The van der Waals surface area contributed by atoms with E-state index in [2.05, 4.69) is 43.6 Å². The quantitative estimate of drug-likeness (QED) is 0.608. The van der Waals surface area contributed by atoms with Crippen LogP contribution in [0.3, 0.4) is 0 Å². The molecule has 2 aromatic rings. The second-order valence-electron chi connectivity index (χ2n) is 5.19. The molecule has 0 spiro atoms. The lowest BCUT2D eigenvalue weighted by molar-refractivity contribution is 0.0522. The first kappa shape index (κ1) is 15.6. The molecule has 1 heterocycles. The van der Waals surface area contributed by atoms with Crippen LogP contribution in [-0.4, -0.2) is 28.6 Å². The minimum absolute atomic E-state index is 0.498. The Hall–Kier alpha value is -0.830. The predicted octanol–water partition coefficient (Wildman–Crippen LogP) is 4.20. The number of aromatic nitrogens is 2. The minimum atomic E-state index is -0.565. The summed E-state index contributed by atoms with van der Waals surface area (Å²) < 4.78 is 13.4. The summed E-state index contributed by atoms with van der Waals surface area (Å²) in [5.41, 5.74) is 0.112. The highest BCUT2D eigenvalue weighted by atomic mass is 127. The van der Waals surface area contributed by atoms with E-state index in [1.165, 1.54) is 4.68 Å². The molecule has 0 saturated heterocycles. The molecule has 0 atom stereocenters. The molecule has 1 aromatic heterocycles. The van der Waals surface area contributed by atoms with Crippen LogP contribution in [0.25, 0.3) is 10.9 Å². The van der Waals surface area contributed by atoms with Gasteiger partial charge < -0.3 is 9.47 Å². The van der Waals surface area contributed by atoms with Crippen molar-refractivity contribution in [3.05, 3.63) is 20.3 Å². The average molecular weight is 453 g/mol. The Kier molecular flexibility index (Phi) is 4.29. The molecule has 108 valence electrons. The lowest BCUT2D eigenvalue weighted by Gasteiger charge is -2.19. The van der Waals surface area contributed by atoms with E-state index >= 15 is 0 Å². The molecule has 0 saturated carbocycles. The van der Waals surface area contributed by atoms with Crippen LogP contribution in [0.2, 0.25) is 0 Å². The summed E-state index contributed by atoms with van der Waals surface area (Å²) in [5.74, 6) is 0.694. The van der Waals surface area contributed by atoms with Crippen molar-refractivity contribution < 1.29 is 14.3 Å². The summed E-state index contributed by atoms with van der Waals surface area (Å²) in [6.45, 7) is 5.46. The number of methoxy groups -OCH3 is 1. The summed E-state index contributed by atoms with van der Waals surface area (Å²) in [6, 6.07) is 3.64. The number of halogens is 2. The Balaban J connectivity index is 2.56. The molecule has 1 aromatic carbocycles. The maximum Gasteiger partial charge on any atom is 0.435 e. The highest BCUT2D eigenvalue weighted by Crippen LogP contribution is 2.32. The van der Waals surface area contributed by atoms with Gasteiger partial charge in [0.25, 0.3) is 0 Å². The summed E-state index contributed by atoms with van der Waals surface area (Å²) in [4.78, 5) is 12.2. The second kappa shape index (κ2) is 5.51. The van der Waals surface area contributed by atoms with Crippen LogP contribution in [-0.2, 0) is 4.74 Å². The van der Waals surface area contributed by atoms with Crippen molar-refractivity contribution in [3.63, 3.8) is 0 Å². The molecule has 0 aliphatic rings. The highest BCUT2D eigenvalue weighted by molar-refractivity contribution is 14.1. The van der Waals surface area contributed by atoms with Crippen molar-refractivity contribution in [1.29, 1.82) is 0 Å². The van der Waals surface area contributed by atoms with Gasteiger partial charge in [-0.15, -0.1) is 0 Å². The lowest BCUT2D eigenvalue weighted by Crippen LogP contribution is -2.27. The number of carbonyl (C=O) groups is 1. The molecular weight excluding hydrogens is 439 g/mol. The molecule has 0 radical (unpaired) electrons. The van der Waals surface area contributed by atoms with Gasteiger partial charge in [0, 0.05) is 5.39 Å². The number of carbonyl (C=O) groups excluding carboxylic acids is 1. The van der Waals surface area contributed by atoms with Crippen LogP contribution in [0, 0.1) is 3.70 Å². The molecular formula is C13H14BrIN2O3. The molecule has 0 bridgehead atoms. The smallest absolute Gasteiger partial charge is 0.435 e. The fraction of sp³-hybridized carbons (Fsp3) is 0.385. The summed E-state index contributed by atoms with van der Waals surface area (Å²) >= 11 is 5.49. The molecule has 0 N–H and O–H groups in total. The van der Waals surface area contributed by atoms with Crippen molar-refractivity contribution in [2.24, 2.45) is 0 Å². The van der Waals surface area contributed by atoms with Gasteiger partial charge in [-0.2, -0.15) is 9.78 Å². The normalized spacial score (nSPS) is 11.7. The van der Waals surface area contributed by atoms with E-state index in [4.69, 9.17) is 9.47 Å². The topological polar surface area (TPSA) is 53.4 Å². The molecule has 0 aliphatic carbocycles. The van der Waals surface area contributed by atoms with E-state index < -0.39 is 11.7 Å². The number of benzene rings is 1. The van der Waals surface area contributed by atoms with Gasteiger partial charge >= 0.3 is 6.09 Å². The van der Waals surface area contributed by atoms with Gasteiger partial charge in [0.15, 0.2) is 0 Å². The SMILES string of the molecule is COc1cc2c(I)nn(C(=O)OC(C)(C)C)c2cc1Br. The van der Waals surface area contributed by atoms with Crippen LogP contribution in [0.15, 0.2) is 16.6 Å². The van der Waals surface area contributed by atoms with E-state index in [0.29, 0.717) is 15.0 Å². The third-order valence-corrected chi connectivity index (χ3v) is 3.89. The van der Waals surface area contributed by atoms with Crippen LogP contribution in [0.5, 0.6) is 5.75 Å². The maximum absolute atomic E-state index is 12.2. The monoisotopic (exact) mass is 452 g/mol. The average Bonchev–Trinajstić information content (AvgIpc) is 2.63. The lowest BCUT2D eigenvalue weighted by atomic mass is 10.2. The number of ether oxygens (including phenoxy) is 2. The van der Waals surface area contributed by atoms with Crippen LogP contribution >= 0.6 is 38.5 Å². The zero-order valence-electron chi connectivity index (χ0n) is 11.5. The van der Waals surface area contributed by atoms with Gasteiger partial charge in [-0.3, -0.25) is 0 Å². The van der Waals surface area contributed by atoms with E-state index in [1.54, 1.807) is 13.2 Å². The third kappa shape index (κ3) is 3.08. The van der Waals surface area contributed by atoms with Gasteiger partial charge in [0.05, 0.1) is 17.1 Å². The first-order chi connectivity index (χ1) is 9.23. The van der Waals surface area contributed by atoms with Gasteiger partial charge in [0.1, 0.15) is 15.1 Å². The Labute approximate surface area is 138 Å². The number of fused-ring (bicyclic) bond motifs is 1. The molecule has 0 aliphatic heterocycles. The van der Waals surface area contributed by atoms with Gasteiger partial charge in [-0.25, -0.2) is 4.79 Å². The van der Waals surface area contributed by atoms with Crippen LogP contribution in [0.1, 0.15) is 20.8 Å². The van der Waals surface area contributed by atoms with E-state index in [9.17, 15) is 4.79 Å². The first-order valence-electron chi connectivity index (χ1n) is 5.88. The standard InChI is InChI=1S/C13H14BrIN2O3/c1-13(2,3)20-12(18)17-9-6-8(14)10(19-4)5-7(9)11(15)16-17/h5-6H,1-4H3. The Morgan fingerprint density at radius 1 is 1.40 bits per heavy atom. The van der Waals surface area contributed by atoms with Crippen molar-refractivity contribution >= 4 is 55.5 Å². The largest absolute Gasteiger partial charge is 0.496 e. The number of rotatable bonds is 1. The molecule has 0 amide bonds. The second-order valence-corrected chi connectivity index (χ2v) is 7.06. The fourth-order valence-electron chi connectivity index (χ4n) is 1.68. The molecule has 5 nitrogen and oxygen atoms in total. The van der Waals surface area contributed by atoms with E-state index in [0.717, 1.165) is 9.86 Å². The summed E-state index contributed by atoms with van der Waals surface area (Å²) in [7, 11) is 1.59. The number of hydrogen-bond donors (Lipinski definition) is 0. The van der Waals surface area contributed by atoms with Crippen LogP contribution in [0.4, 0.5) is 4.79 Å². The van der Waals surface area contributed by atoms with Crippen molar-refractivity contribution in [2.75, 3.05) is 7.11 Å². The van der Waals surface area contributed by atoms with E-state index in [1.807, 2.05) is 26.8 Å². The van der Waals surface area contributed by atoms with E-state index in [-0.39, 0.29) is 0 Å². The van der Waals surface area contributed by atoms with Gasteiger partial charge in [0.2, 0.25) is 0 Å². The highest BCUT2D eigenvalue weighted by Gasteiger charge is 2.22. The third-order valence-electron chi connectivity index (χ3n) is 2.47. The first-order valence-corrected chi connectivity index (χ1v) is 7.75. The number of nitrogens with zero attached hydrogens (tertiary/aromatic N) is 2. The summed E-state index contributed by atoms with van der Waals surface area (Å²) in [5, 5.41) is 5.09. The van der Waals surface area contributed by atoms with Crippen molar-refractivity contribution in [3.8, 4) is 5.75 Å². The summed E-state index contributed by atoms with van der Waals surface area (Å²) in [6.07, 6.45) is -0.498.